The van der Waals surface area contributed by atoms with E-state index in [1.807, 2.05) is 26.2 Å². The lowest BCUT2D eigenvalue weighted by Gasteiger charge is -2.36. The van der Waals surface area contributed by atoms with E-state index >= 15 is 0 Å². The number of hydrogen-bond donors (Lipinski definition) is 2. The van der Waals surface area contributed by atoms with Gasteiger partial charge in [-0.2, -0.15) is 5.10 Å². The molecule has 0 spiro atoms. The van der Waals surface area contributed by atoms with Crippen LogP contribution < -0.4 is 15.5 Å². The summed E-state index contributed by atoms with van der Waals surface area (Å²) in [5, 5.41) is 11.8. The first kappa shape index (κ1) is 21.1. The summed E-state index contributed by atoms with van der Waals surface area (Å²) >= 11 is 0. The second-order valence-electron chi connectivity index (χ2n) is 8.64. The van der Waals surface area contributed by atoms with Crippen LogP contribution in [0, 0.1) is 12.7 Å². The molecule has 0 unspecified atom stereocenters. The number of halogens is 1. The van der Waals surface area contributed by atoms with Crippen LogP contribution >= 0.6 is 0 Å². The molecule has 1 aromatic carbocycles. The highest BCUT2D eigenvalue weighted by molar-refractivity contribution is 6.13. The number of piperazine rings is 1. The number of anilines is 2. The molecule has 1 atom stereocenters. The predicted octanol–water partition coefficient (Wildman–Crippen LogP) is 3.28. The van der Waals surface area contributed by atoms with Crippen molar-refractivity contribution in [3.63, 3.8) is 0 Å². The molecule has 0 bridgehead atoms. The molecule has 9 heteroatoms. The fourth-order valence-corrected chi connectivity index (χ4v) is 4.41. The highest BCUT2D eigenvalue weighted by atomic mass is 19.1. The van der Waals surface area contributed by atoms with Crippen LogP contribution in [-0.2, 0) is 7.05 Å². The average molecular weight is 448 g/mol. The Bertz CT molecular complexity index is 1400. The fourth-order valence-electron chi connectivity index (χ4n) is 4.41. The summed E-state index contributed by atoms with van der Waals surface area (Å²) in [6.07, 6.45) is 5.30. The predicted molar refractivity (Wildman–Crippen MR) is 127 cm³/mol. The van der Waals surface area contributed by atoms with E-state index in [4.69, 9.17) is 0 Å². The maximum Gasteiger partial charge on any atom is 0.257 e. The van der Waals surface area contributed by atoms with Gasteiger partial charge in [0.2, 0.25) is 0 Å². The van der Waals surface area contributed by atoms with Gasteiger partial charge in [0.1, 0.15) is 5.52 Å². The summed E-state index contributed by atoms with van der Waals surface area (Å²) < 4.78 is 17.7. The van der Waals surface area contributed by atoms with Crippen LogP contribution in [0.1, 0.15) is 23.0 Å². The van der Waals surface area contributed by atoms with Crippen molar-refractivity contribution < 1.29 is 9.18 Å². The second kappa shape index (κ2) is 8.00. The van der Waals surface area contributed by atoms with Crippen molar-refractivity contribution in [1.29, 1.82) is 0 Å². The zero-order valence-corrected chi connectivity index (χ0v) is 18.9. The largest absolute Gasteiger partial charge is 0.368 e. The molecule has 4 heterocycles. The van der Waals surface area contributed by atoms with Gasteiger partial charge in [0.05, 0.1) is 16.9 Å². The van der Waals surface area contributed by atoms with Crippen molar-refractivity contribution in [2.45, 2.75) is 19.9 Å². The Morgan fingerprint density at radius 1 is 1.30 bits per heavy atom. The summed E-state index contributed by atoms with van der Waals surface area (Å²) in [5.41, 5.74) is 4.44. The lowest BCUT2D eigenvalue weighted by Crippen LogP contribution is -2.51. The molecule has 170 valence electrons. The molecular weight excluding hydrogens is 421 g/mol. The smallest absolute Gasteiger partial charge is 0.257 e. The van der Waals surface area contributed by atoms with Crippen LogP contribution in [0.4, 0.5) is 15.8 Å². The number of carbonyl (C=O) groups is 1. The molecule has 2 N–H and O–H groups in total. The molecule has 1 amide bonds. The van der Waals surface area contributed by atoms with Crippen LogP contribution in [0.5, 0.6) is 0 Å². The zero-order valence-electron chi connectivity index (χ0n) is 18.9. The van der Waals surface area contributed by atoms with Crippen LogP contribution in [-0.4, -0.2) is 50.7 Å². The Morgan fingerprint density at radius 3 is 2.91 bits per heavy atom. The van der Waals surface area contributed by atoms with Gasteiger partial charge in [0.15, 0.2) is 11.5 Å². The van der Waals surface area contributed by atoms with Gasteiger partial charge in [-0.25, -0.2) is 9.37 Å². The van der Waals surface area contributed by atoms with E-state index in [1.54, 1.807) is 34.5 Å². The third kappa shape index (κ3) is 3.84. The SMILES string of the molecule is C=C(C)[C@H]1CN(c2ccc(C(=O)Nc3cc(F)c4nc(C)cn4c3)c3nn(C)cc23)CCN1. The van der Waals surface area contributed by atoms with Gasteiger partial charge in [-0.05, 0) is 26.0 Å². The minimum absolute atomic E-state index is 0.213. The molecule has 3 aromatic heterocycles. The number of aryl methyl sites for hydroxylation is 2. The van der Waals surface area contributed by atoms with E-state index in [0.717, 1.165) is 36.3 Å². The summed E-state index contributed by atoms with van der Waals surface area (Å²) in [5.74, 6) is -0.842. The number of amides is 1. The molecule has 4 aromatic rings. The van der Waals surface area contributed by atoms with Crippen LogP contribution in [0.2, 0.25) is 0 Å². The molecule has 1 saturated heterocycles. The van der Waals surface area contributed by atoms with Crippen molar-refractivity contribution in [3.8, 4) is 0 Å². The van der Waals surface area contributed by atoms with Crippen LogP contribution in [0.15, 0.2) is 48.9 Å². The maximum absolute atomic E-state index is 14.4. The Hall–Kier alpha value is -3.72. The maximum atomic E-state index is 14.4. The summed E-state index contributed by atoms with van der Waals surface area (Å²) in [6.45, 7) is 10.4. The average Bonchev–Trinajstić information content (AvgIpc) is 3.34. The first-order valence-electron chi connectivity index (χ1n) is 10.9. The first-order valence-corrected chi connectivity index (χ1v) is 10.9. The number of rotatable bonds is 4. The van der Waals surface area contributed by atoms with E-state index in [2.05, 4.69) is 32.2 Å². The van der Waals surface area contributed by atoms with E-state index in [-0.39, 0.29) is 17.6 Å². The number of aromatic nitrogens is 4. The zero-order chi connectivity index (χ0) is 23.3. The minimum atomic E-state index is -0.495. The quantitative estimate of drug-likeness (QED) is 0.470. The Labute approximate surface area is 190 Å². The van der Waals surface area contributed by atoms with Gasteiger partial charge in [-0.1, -0.05) is 12.2 Å². The Morgan fingerprint density at radius 2 is 2.12 bits per heavy atom. The van der Waals surface area contributed by atoms with E-state index < -0.39 is 5.82 Å². The number of fused-ring (bicyclic) bond motifs is 2. The number of hydrogen-bond acceptors (Lipinski definition) is 5. The molecular formula is C24H26FN7O. The van der Waals surface area contributed by atoms with Crippen molar-refractivity contribution in [2.75, 3.05) is 29.9 Å². The monoisotopic (exact) mass is 447 g/mol. The highest BCUT2D eigenvalue weighted by Crippen LogP contribution is 2.30. The Kier molecular flexibility index (Phi) is 5.13. The van der Waals surface area contributed by atoms with Crippen molar-refractivity contribution in [3.05, 3.63) is 66.0 Å². The third-order valence-electron chi connectivity index (χ3n) is 6.01. The topological polar surface area (TPSA) is 79.5 Å². The lowest BCUT2D eigenvalue weighted by atomic mass is 10.0. The van der Waals surface area contributed by atoms with Crippen molar-refractivity contribution in [2.24, 2.45) is 7.05 Å². The molecule has 0 radical (unpaired) electrons. The van der Waals surface area contributed by atoms with Gasteiger partial charge < -0.3 is 19.9 Å². The van der Waals surface area contributed by atoms with Crippen molar-refractivity contribution in [1.82, 2.24) is 24.5 Å². The lowest BCUT2D eigenvalue weighted by molar-refractivity contribution is 0.102. The molecule has 33 heavy (non-hydrogen) atoms. The minimum Gasteiger partial charge on any atom is -0.368 e. The third-order valence-corrected chi connectivity index (χ3v) is 6.01. The Balaban J connectivity index is 1.48. The second-order valence-corrected chi connectivity index (χ2v) is 8.64. The van der Waals surface area contributed by atoms with Crippen LogP contribution in [0.25, 0.3) is 16.6 Å². The fraction of sp³-hybridized carbons (Fsp3) is 0.292. The highest BCUT2D eigenvalue weighted by Gasteiger charge is 2.24. The molecule has 0 aliphatic carbocycles. The summed E-state index contributed by atoms with van der Waals surface area (Å²) in [6, 6.07) is 5.24. The number of nitrogens with zero attached hydrogens (tertiary/aromatic N) is 5. The van der Waals surface area contributed by atoms with Gasteiger partial charge in [-0.3, -0.25) is 9.48 Å². The first-order chi connectivity index (χ1) is 15.8. The number of carbonyl (C=O) groups excluding carboxylic acids is 1. The number of imidazole rings is 1. The van der Waals surface area contributed by atoms with Crippen LogP contribution in [0.3, 0.4) is 0 Å². The molecule has 5 rings (SSSR count). The van der Waals surface area contributed by atoms with E-state index in [1.165, 1.54) is 6.07 Å². The number of nitrogens with one attached hydrogen (secondary N) is 2. The van der Waals surface area contributed by atoms with Gasteiger partial charge in [0, 0.05) is 68.5 Å². The van der Waals surface area contributed by atoms with Gasteiger partial charge in [0.25, 0.3) is 5.91 Å². The molecule has 8 nitrogen and oxygen atoms in total. The van der Waals surface area contributed by atoms with E-state index in [0.29, 0.717) is 22.5 Å². The normalized spacial score (nSPS) is 16.5. The van der Waals surface area contributed by atoms with Crippen molar-refractivity contribution >= 4 is 33.8 Å². The molecule has 0 saturated carbocycles. The molecule has 1 fully saturated rings. The summed E-state index contributed by atoms with van der Waals surface area (Å²) in [4.78, 5) is 19.6. The molecule has 1 aliphatic heterocycles. The van der Waals surface area contributed by atoms with E-state index in [9.17, 15) is 9.18 Å². The summed E-state index contributed by atoms with van der Waals surface area (Å²) in [7, 11) is 1.84. The number of pyridine rings is 1. The van der Waals surface area contributed by atoms with Gasteiger partial charge >= 0.3 is 0 Å². The van der Waals surface area contributed by atoms with Gasteiger partial charge in [-0.15, -0.1) is 0 Å². The molecule has 1 aliphatic rings. The standard InChI is InChI=1S/C24H26FN7O/c1-14(2)20-13-31(8-7-26-20)21-6-5-17(22-18(21)12-30(4)29-22)24(33)28-16-9-19(25)23-27-15(3)10-32(23)11-16/h5-6,9-12,20,26H,1,7-8,13H2,2-4H3,(H,28,33)/t20-/m1/s1. The number of benzene rings is 1.